The predicted octanol–water partition coefficient (Wildman–Crippen LogP) is 3.17. The number of amides is 1. The lowest BCUT2D eigenvalue weighted by Gasteiger charge is -2.07. The number of carbonyl (C=O) groups is 1. The van der Waals surface area contributed by atoms with Gasteiger partial charge in [-0.25, -0.2) is 0 Å². The van der Waals surface area contributed by atoms with Crippen molar-refractivity contribution >= 4 is 17.2 Å². The van der Waals surface area contributed by atoms with E-state index in [-0.39, 0.29) is 5.91 Å². The van der Waals surface area contributed by atoms with Gasteiger partial charge in [-0.2, -0.15) is 0 Å². The van der Waals surface area contributed by atoms with Gasteiger partial charge < -0.3 is 10.1 Å². The molecule has 100 valence electrons. The lowest BCUT2D eigenvalue weighted by atomic mass is 10.2. The Bertz CT molecular complexity index is 546. The van der Waals surface area contributed by atoms with E-state index in [1.807, 2.05) is 50.2 Å². The molecular weight excluding hydrogens is 258 g/mol. The number of carbonyl (C=O) groups excluding carboxylic acids is 1. The minimum atomic E-state index is -0.0365. The van der Waals surface area contributed by atoms with Crippen LogP contribution < -0.4 is 10.1 Å². The Balaban J connectivity index is 1.72. The van der Waals surface area contributed by atoms with Crippen molar-refractivity contribution in [1.82, 2.24) is 5.32 Å². The minimum absolute atomic E-state index is 0.0365. The van der Waals surface area contributed by atoms with Crippen LogP contribution >= 0.6 is 11.3 Å². The quantitative estimate of drug-likeness (QED) is 0.851. The summed E-state index contributed by atoms with van der Waals surface area (Å²) in [7, 11) is 0. The molecule has 3 nitrogen and oxygen atoms in total. The smallest absolute Gasteiger partial charge is 0.261 e. The molecule has 0 saturated heterocycles. The van der Waals surface area contributed by atoms with Crippen molar-refractivity contribution in [1.29, 1.82) is 0 Å². The van der Waals surface area contributed by atoms with Crippen LogP contribution in [0.3, 0.4) is 0 Å². The normalized spacial score (nSPS) is 10.2. The van der Waals surface area contributed by atoms with Crippen molar-refractivity contribution in [2.45, 2.75) is 13.8 Å². The van der Waals surface area contributed by atoms with Gasteiger partial charge in [0.05, 0.1) is 11.4 Å². The van der Waals surface area contributed by atoms with Crippen LogP contribution in [0.15, 0.2) is 36.4 Å². The molecule has 1 N–H and O–H groups in total. The van der Waals surface area contributed by atoms with E-state index in [2.05, 4.69) is 5.32 Å². The lowest BCUT2D eigenvalue weighted by molar-refractivity contribution is 0.0951. The van der Waals surface area contributed by atoms with Crippen molar-refractivity contribution in [3.63, 3.8) is 0 Å². The van der Waals surface area contributed by atoms with Crippen LogP contribution in [0.2, 0.25) is 0 Å². The first-order chi connectivity index (χ1) is 9.15. The van der Waals surface area contributed by atoms with Crippen LogP contribution in [-0.2, 0) is 0 Å². The molecule has 1 aromatic heterocycles. The number of hydrogen-bond donors (Lipinski definition) is 1. The standard InChI is InChI=1S/C15H17NO2S/c1-11-3-6-13(7-4-11)18-10-9-16-15(17)14-8-5-12(2)19-14/h3-8H,9-10H2,1-2H3,(H,16,17). The fourth-order valence-corrected chi connectivity index (χ4v) is 2.40. The van der Waals surface area contributed by atoms with Crippen LogP contribution in [0.4, 0.5) is 0 Å². The zero-order valence-electron chi connectivity index (χ0n) is 11.1. The van der Waals surface area contributed by atoms with Crippen LogP contribution in [-0.4, -0.2) is 19.1 Å². The van der Waals surface area contributed by atoms with Gasteiger partial charge in [-0.15, -0.1) is 11.3 Å². The Morgan fingerprint density at radius 3 is 2.53 bits per heavy atom. The summed E-state index contributed by atoms with van der Waals surface area (Å²) in [5.74, 6) is 0.789. The summed E-state index contributed by atoms with van der Waals surface area (Å²) in [4.78, 5) is 13.6. The highest BCUT2D eigenvalue weighted by Gasteiger charge is 2.06. The van der Waals surface area contributed by atoms with Gasteiger partial charge in [-0.1, -0.05) is 17.7 Å². The van der Waals surface area contributed by atoms with Crippen molar-refractivity contribution in [3.05, 3.63) is 51.7 Å². The third-order valence-corrected chi connectivity index (χ3v) is 3.64. The highest BCUT2D eigenvalue weighted by molar-refractivity contribution is 7.13. The fraction of sp³-hybridized carbons (Fsp3) is 0.267. The average Bonchev–Trinajstić information content (AvgIpc) is 2.83. The maximum Gasteiger partial charge on any atom is 0.261 e. The summed E-state index contributed by atoms with van der Waals surface area (Å²) in [6.45, 7) is 5.00. The third kappa shape index (κ3) is 4.10. The molecule has 2 rings (SSSR count). The van der Waals surface area contributed by atoms with E-state index in [4.69, 9.17) is 4.74 Å². The van der Waals surface area contributed by atoms with Crippen molar-refractivity contribution in [2.75, 3.05) is 13.2 Å². The van der Waals surface area contributed by atoms with E-state index in [0.717, 1.165) is 15.5 Å². The number of ether oxygens (including phenoxy) is 1. The minimum Gasteiger partial charge on any atom is -0.492 e. The summed E-state index contributed by atoms with van der Waals surface area (Å²) in [5, 5.41) is 2.84. The number of benzene rings is 1. The molecule has 4 heteroatoms. The molecule has 19 heavy (non-hydrogen) atoms. The van der Waals surface area contributed by atoms with Gasteiger partial charge in [-0.05, 0) is 38.1 Å². The third-order valence-electron chi connectivity index (χ3n) is 2.64. The molecule has 0 unspecified atom stereocenters. The topological polar surface area (TPSA) is 38.3 Å². The SMILES string of the molecule is Cc1ccc(OCCNC(=O)c2ccc(C)s2)cc1. The Morgan fingerprint density at radius 2 is 1.89 bits per heavy atom. The molecule has 1 heterocycles. The van der Waals surface area contributed by atoms with Gasteiger partial charge in [0, 0.05) is 4.88 Å². The van der Waals surface area contributed by atoms with E-state index in [9.17, 15) is 4.79 Å². The maximum atomic E-state index is 11.8. The van der Waals surface area contributed by atoms with E-state index < -0.39 is 0 Å². The zero-order valence-corrected chi connectivity index (χ0v) is 11.9. The second kappa shape index (κ2) is 6.38. The first-order valence-electron chi connectivity index (χ1n) is 6.19. The Hall–Kier alpha value is -1.81. The number of aryl methyl sites for hydroxylation is 2. The van der Waals surface area contributed by atoms with E-state index in [1.165, 1.54) is 16.9 Å². The van der Waals surface area contributed by atoms with Crippen molar-refractivity contribution < 1.29 is 9.53 Å². The molecule has 1 aromatic carbocycles. The molecule has 0 fully saturated rings. The van der Waals surface area contributed by atoms with Gasteiger partial charge in [0.25, 0.3) is 5.91 Å². The van der Waals surface area contributed by atoms with Crippen molar-refractivity contribution in [2.24, 2.45) is 0 Å². The highest BCUT2D eigenvalue weighted by Crippen LogP contribution is 2.14. The Morgan fingerprint density at radius 1 is 1.16 bits per heavy atom. The van der Waals surface area contributed by atoms with Gasteiger partial charge in [0.2, 0.25) is 0 Å². The highest BCUT2D eigenvalue weighted by atomic mass is 32.1. The molecule has 0 aliphatic carbocycles. The molecule has 0 aliphatic rings. The molecule has 0 atom stereocenters. The van der Waals surface area contributed by atoms with Gasteiger partial charge in [0.15, 0.2) is 0 Å². The first kappa shape index (κ1) is 13.6. The largest absolute Gasteiger partial charge is 0.492 e. The van der Waals surface area contributed by atoms with E-state index in [0.29, 0.717) is 13.2 Å². The maximum absolute atomic E-state index is 11.8. The summed E-state index contributed by atoms with van der Waals surface area (Å²) >= 11 is 1.50. The molecule has 1 amide bonds. The molecule has 0 spiro atoms. The summed E-state index contributed by atoms with van der Waals surface area (Å²) in [5.41, 5.74) is 1.20. The van der Waals surface area contributed by atoms with Gasteiger partial charge in [-0.3, -0.25) is 4.79 Å². The van der Waals surface area contributed by atoms with Gasteiger partial charge in [0.1, 0.15) is 12.4 Å². The number of thiophene rings is 1. The monoisotopic (exact) mass is 275 g/mol. The molecule has 0 saturated carbocycles. The number of rotatable bonds is 5. The Kier molecular flexibility index (Phi) is 4.58. The van der Waals surface area contributed by atoms with E-state index in [1.54, 1.807) is 0 Å². The molecule has 0 radical (unpaired) electrons. The van der Waals surface area contributed by atoms with Gasteiger partial charge >= 0.3 is 0 Å². The predicted molar refractivity (Wildman–Crippen MR) is 78.1 cm³/mol. The second-order valence-corrected chi connectivity index (χ2v) is 5.62. The van der Waals surface area contributed by atoms with Crippen LogP contribution in [0.5, 0.6) is 5.75 Å². The molecule has 0 aliphatic heterocycles. The Labute approximate surface area is 117 Å². The fourth-order valence-electron chi connectivity index (χ4n) is 1.61. The number of nitrogens with one attached hydrogen (secondary N) is 1. The summed E-state index contributed by atoms with van der Waals surface area (Å²) in [6, 6.07) is 11.7. The number of hydrogen-bond acceptors (Lipinski definition) is 3. The average molecular weight is 275 g/mol. The zero-order chi connectivity index (χ0) is 13.7. The van der Waals surface area contributed by atoms with E-state index >= 15 is 0 Å². The lowest BCUT2D eigenvalue weighted by Crippen LogP contribution is -2.27. The molecular formula is C15H17NO2S. The van der Waals surface area contributed by atoms with Crippen LogP contribution in [0.1, 0.15) is 20.1 Å². The van der Waals surface area contributed by atoms with Crippen LogP contribution in [0, 0.1) is 13.8 Å². The molecule has 0 bridgehead atoms. The second-order valence-electron chi connectivity index (χ2n) is 4.33. The summed E-state index contributed by atoms with van der Waals surface area (Å²) < 4.78 is 5.54. The first-order valence-corrected chi connectivity index (χ1v) is 7.01. The molecule has 2 aromatic rings. The summed E-state index contributed by atoms with van der Waals surface area (Å²) in [6.07, 6.45) is 0. The van der Waals surface area contributed by atoms with Crippen LogP contribution in [0.25, 0.3) is 0 Å². The van der Waals surface area contributed by atoms with Crippen molar-refractivity contribution in [3.8, 4) is 5.75 Å².